The zero-order valence-electron chi connectivity index (χ0n) is 20.5. The molecule has 5 rings (SSSR count). The number of nitro benzene ring substituents is 1. The van der Waals surface area contributed by atoms with Crippen LogP contribution in [-0.2, 0) is 0 Å². The molecule has 1 N–H and O–H groups in total. The number of methoxy groups -OCH3 is 1. The van der Waals surface area contributed by atoms with Crippen molar-refractivity contribution in [3.63, 3.8) is 0 Å². The molecule has 0 unspecified atom stereocenters. The first-order valence-corrected chi connectivity index (χ1v) is 12.0. The van der Waals surface area contributed by atoms with Gasteiger partial charge in [-0.25, -0.2) is 0 Å². The highest BCUT2D eigenvalue weighted by molar-refractivity contribution is 7.80. The third-order valence-corrected chi connectivity index (χ3v) is 6.64. The number of nitrogens with zero attached hydrogens (tertiary/aromatic N) is 4. The van der Waals surface area contributed by atoms with E-state index in [1.807, 2.05) is 78.5 Å². The standard InChI is InChI=1S/C27H25N5O4S/c1-30(2)17-7-9-18(10-8-17)31-26(25(29-27(31)37)21-6-4-5-15-28-21)23-14-13-22(36-23)20-12-11-19(32(33)34)16-24(20)35-3/h4-16,25-26H,1-3H3,(H,29,37)/t25-,26+/m1/s1. The van der Waals surface area contributed by atoms with Gasteiger partial charge in [-0.1, -0.05) is 6.07 Å². The number of nitrogens with one attached hydrogen (secondary N) is 1. The first kappa shape index (κ1) is 24.3. The van der Waals surface area contributed by atoms with Crippen LogP contribution in [0.2, 0.25) is 0 Å². The molecule has 10 heteroatoms. The van der Waals surface area contributed by atoms with Crippen LogP contribution >= 0.6 is 12.2 Å². The number of aromatic nitrogens is 1. The number of anilines is 2. The molecule has 1 aliphatic heterocycles. The Kier molecular flexibility index (Phi) is 6.49. The van der Waals surface area contributed by atoms with Crippen LogP contribution < -0.4 is 19.9 Å². The average molecular weight is 516 g/mol. The summed E-state index contributed by atoms with van der Waals surface area (Å²) >= 11 is 5.79. The van der Waals surface area contributed by atoms with Gasteiger partial charge in [0.15, 0.2) is 5.11 Å². The van der Waals surface area contributed by atoms with E-state index in [0.717, 1.165) is 17.1 Å². The van der Waals surface area contributed by atoms with Crippen LogP contribution in [0.25, 0.3) is 11.3 Å². The maximum Gasteiger partial charge on any atom is 0.273 e. The highest BCUT2D eigenvalue weighted by atomic mass is 32.1. The maximum atomic E-state index is 11.2. The molecule has 188 valence electrons. The lowest BCUT2D eigenvalue weighted by Gasteiger charge is -2.26. The van der Waals surface area contributed by atoms with Crippen LogP contribution in [0.5, 0.6) is 5.75 Å². The van der Waals surface area contributed by atoms with Crippen molar-refractivity contribution in [2.45, 2.75) is 12.1 Å². The van der Waals surface area contributed by atoms with E-state index in [-0.39, 0.29) is 17.8 Å². The monoisotopic (exact) mass is 515 g/mol. The lowest BCUT2D eigenvalue weighted by Crippen LogP contribution is -2.29. The van der Waals surface area contributed by atoms with E-state index in [4.69, 9.17) is 21.4 Å². The Hall–Kier alpha value is -4.44. The molecule has 9 nitrogen and oxygen atoms in total. The number of rotatable bonds is 7. The van der Waals surface area contributed by atoms with Gasteiger partial charge in [-0.05, 0) is 66.8 Å². The van der Waals surface area contributed by atoms with Crippen molar-refractivity contribution < 1.29 is 14.1 Å². The molecule has 2 atom stereocenters. The topological polar surface area (TPSA) is 96.9 Å². The fraction of sp³-hybridized carbons (Fsp3) is 0.185. The molecule has 1 aliphatic rings. The van der Waals surface area contributed by atoms with Gasteiger partial charge >= 0.3 is 0 Å². The highest BCUT2D eigenvalue weighted by Gasteiger charge is 2.42. The number of hydrogen-bond donors (Lipinski definition) is 1. The SMILES string of the molecule is COc1cc([N+](=O)[O-])ccc1-c1ccc([C@H]2[C@@H](c3ccccn3)NC(=S)N2c2ccc(N(C)C)cc2)o1. The fourth-order valence-electron chi connectivity index (χ4n) is 4.49. The predicted octanol–water partition coefficient (Wildman–Crippen LogP) is 5.50. The smallest absolute Gasteiger partial charge is 0.273 e. The van der Waals surface area contributed by atoms with Gasteiger partial charge in [0.2, 0.25) is 0 Å². The molecule has 0 aliphatic carbocycles. The van der Waals surface area contributed by atoms with Gasteiger partial charge in [-0.2, -0.15) is 0 Å². The Morgan fingerprint density at radius 2 is 1.89 bits per heavy atom. The van der Waals surface area contributed by atoms with Crippen LogP contribution in [0, 0.1) is 10.1 Å². The molecule has 1 fully saturated rings. The number of furan rings is 1. The van der Waals surface area contributed by atoms with Crippen LogP contribution in [-0.4, -0.2) is 36.2 Å². The quantitative estimate of drug-likeness (QED) is 0.194. The molecule has 0 radical (unpaired) electrons. The van der Waals surface area contributed by atoms with Crippen molar-refractivity contribution in [2.24, 2.45) is 0 Å². The zero-order chi connectivity index (χ0) is 26.1. The van der Waals surface area contributed by atoms with Crippen molar-refractivity contribution in [3.05, 3.63) is 101 Å². The fourth-order valence-corrected chi connectivity index (χ4v) is 4.83. The highest BCUT2D eigenvalue weighted by Crippen LogP contribution is 2.44. The Bertz CT molecular complexity index is 1440. The molecule has 0 bridgehead atoms. The van der Waals surface area contributed by atoms with Crippen molar-refractivity contribution in [3.8, 4) is 17.1 Å². The zero-order valence-corrected chi connectivity index (χ0v) is 21.3. The van der Waals surface area contributed by atoms with Crippen LogP contribution in [0.3, 0.4) is 0 Å². The summed E-state index contributed by atoms with van der Waals surface area (Å²) in [6, 6.07) is 21.5. The third kappa shape index (κ3) is 4.58. The predicted molar refractivity (Wildman–Crippen MR) is 146 cm³/mol. The Morgan fingerprint density at radius 1 is 1.11 bits per heavy atom. The van der Waals surface area contributed by atoms with Gasteiger partial charge in [-0.15, -0.1) is 0 Å². The summed E-state index contributed by atoms with van der Waals surface area (Å²) < 4.78 is 11.8. The summed E-state index contributed by atoms with van der Waals surface area (Å²) in [5.41, 5.74) is 3.38. The third-order valence-electron chi connectivity index (χ3n) is 6.32. The second kappa shape index (κ2) is 9.90. The number of pyridine rings is 1. The van der Waals surface area contributed by atoms with Gasteiger partial charge in [0.25, 0.3) is 5.69 Å². The minimum absolute atomic E-state index is 0.0553. The summed E-state index contributed by atoms with van der Waals surface area (Å²) in [5.74, 6) is 1.55. The average Bonchev–Trinajstić information content (AvgIpc) is 3.53. The largest absolute Gasteiger partial charge is 0.496 e. The van der Waals surface area contributed by atoms with E-state index < -0.39 is 4.92 Å². The van der Waals surface area contributed by atoms with E-state index in [0.29, 0.717) is 27.9 Å². The number of ether oxygens (including phenoxy) is 1. The number of nitro groups is 1. The van der Waals surface area contributed by atoms with Crippen molar-refractivity contribution in [1.29, 1.82) is 0 Å². The van der Waals surface area contributed by atoms with Crippen LogP contribution in [0.15, 0.2) is 83.4 Å². The van der Waals surface area contributed by atoms with Gasteiger partial charge < -0.3 is 24.3 Å². The van der Waals surface area contributed by atoms with Gasteiger partial charge in [0.05, 0.1) is 35.4 Å². The van der Waals surface area contributed by atoms with E-state index in [2.05, 4.69) is 10.3 Å². The first-order valence-electron chi connectivity index (χ1n) is 11.6. The van der Waals surface area contributed by atoms with E-state index >= 15 is 0 Å². The minimum atomic E-state index is -0.456. The van der Waals surface area contributed by atoms with Crippen LogP contribution in [0.1, 0.15) is 23.5 Å². The van der Waals surface area contributed by atoms with E-state index in [1.165, 1.54) is 19.2 Å². The number of benzene rings is 2. The molecule has 0 saturated carbocycles. The minimum Gasteiger partial charge on any atom is -0.496 e. The summed E-state index contributed by atoms with van der Waals surface area (Å²) in [7, 11) is 5.46. The Labute approximate surface area is 219 Å². The van der Waals surface area contributed by atoms with Gasteiger partial charge in [-0.3, -0.25) is 15.1 Å². The van der Waals surface area contributed by atoms with E-state index in [9.17, 15) is 10.1 Å². The molecule has 2 aromatic heterocycles. The van der Waals surface area contributed by atoms with Crippen LogP contribution in [0.4, 0.5) is 17.1 Å². The molecule has 37 heavy (non-hydrogen) atoms. The van der Waals surface area contributed by atoms with E-state index in [1.54, 1.807) is 12.3 Å². The number of hydrogen-bond acceptors (Lipinski definition) is 7. The number of non-ortho nitro benzene ring substituents is 1. The molecule has 0 spiro atoms. The lowest BCUT2D eigenvalue weighted by molar-refractivity contribution is -0.384. The summed E-state index contributed by atoms with van der Waals surface area (Å²) in [6.45, 7) is 0. The Balaban J connectivity index is 1.58. The first-order chi connectivity index (χ1) is 17.9. The molecule has 4 aromatic rings. The second-order valence-electron chi connectivity index (χ2n) is 8.75. The summed E-state index contributed by atoms with van der Waals surface area (Å²) in [4.78, 5) is 19.4. The molecule has 1 saturated heterocycles. The normalized spacial score (nSPS) is 16.9. The van der Waals surface area contributed by atoms with Crippen molar-refractivity contribution in [2.75, 3.05) is 31.0 Å². The molecule has 2 aromatic carbocycles. The number of thiocarbonyl (C=S) groups is 1. The summed E-state index contributed by atoms with van der Waals surface area (Å²) in [5, 5.41) is 15.2. The van der Waals surface area contributed by atoms with Crippen molar-refractivity contribution >= 4 is 34.4 Å². The van der Waals surface area contributed by atoms with Crippen molar-refractivity contribution in [1.82, 2.24) is 10.3 Å². The molecule has 3 heterocycles. The lowest BCUT2D eigenvalue weighted by atomic mass is 10.0. The van der Waals surface area contributed by atoms with Gasteiger partial charge in [0.1, 0.15) is 23.3 Å². The molecular weight excluding hydrogens is 490 g/mol. The molecular formula is C27H25N5O4S. The second-order valence-corrected chi connectivity index (χ2v) is 9.14. The van der Waals surface area contributed by atoms with Gasteiger partial charge in [0, 0.05) is 37.7 Å². The maximum absolute atomic E-state index is 11.2. The molecule has 0 amide bonds. The summed E-state index contributed by atoms with van der Waals surface area (Å²) in [6.07, 6.45) is 1.75. The Morgan fingerprint density at radius 3 is 2.54 bits per heavy atom.